The van der Waals surface area contributed by atoms with Crippen molar-refractivity contribution < 1.29 is 9.53 Å². The monoisotopic (exact) mass is 343 g/mol. The summed E-state index contributed by atoms with van der Waals surface area (Å²) in [7, 11) is 1.64. The third kappa shape index (κ3) is 7.15. The Morgan fingerprint density at radius 3 is 2.29 bits per heavy atom. The average molecular weight is 344 g/mol. The van der Waals surface area contributed by atoms with E-state index in [1.807, 2.05) is 0 Å². The predicted molar refractivity (Wildman–Crippen MR) is 91.8 cm³/mol. The van der Waals surface area contributed by atoms with Gasteiger partial charge in [0, 0.05) is 13.7 Å². The van der Waals surface area contributed by atoms with Gasteiger partial charge in [-0.3, -0.25) is 4.79 Å². The van der Waals surface area contributed by atoms with Gasteiger partial charge in [-0.2, -0.15) is 0 Å². The summed E-state index contributed by atoms with van der Waals surface area (Å²) in [5.41, 5.74) is -0.611. The maximum absolute atomic E-state index is 12.3. The number of nitrogens with one attached hydrogen (secondary N) is 2. The van der Waals surface area contributed by atoms with E-state index in [-0.39, 0.29) is 30.7 Å². The summed E-state index contributed by atoms with van der Waals surface area (Å²) in [6.45, 7) is 9.93. The van der Waals surface area contributed by atoms with Crippen molar-refractivity contribution in [2.24, 2.45) is 0 Å². The minimum atomic E-state index is -0.611. The maximum Gasteiger partial charge on any atom is 0.252 e. The van der Waals surface area contributed by atoms with E-state index in [0.717, 1.165) is 58.5 Å². The largest absolute Gasteiger partial charge is 0.368 e. The number of ether oxygens (including phenoxy) is 1. The van der Waals surface area contributed by atoms with Crippen molar-refractivity contribution >= 4 is 30.7 Å². The molecule has 0 atom stereocenters. The highest BCUT2D eigenvalue weighted by Crippen LogP contribution is 2.22. The second kappa shape index (κ2) is 12.5. The molecule has 1 fully saturated rings. The maximum atomic E-state index is 12.3. The first-order valence-corrected chi connectivity index (χ1v) is 7.45. The van der Waals surface area contributed by atoms with Crippen LogP contribution in [0, 0.1) is 0 Å². The van der Waals surface area contributed by atoms with Crippen molar-refractivity contribution in [3.05, 3.63) is 0 Å². The fourth-order valence-electron chi connectivity index (χ4n) is 2.56. The van der Waals surface area contributed by atoms with Gasteiger partial charge in [0.25, 0.3) is 5.91 Å². The molecule has 0 saturated carbocycles. The van der Waals surface area contributed by atoms with Crippen LogP contribution in [0.25, 0.3) is 0 Å². The minimum absolute atomic E-state index is 0. The number of nitrogens with zero attached hydrogens (tertiary/aromatic N) is 1. The number of hydrogen-bond donors (Lipinski definition) is 2. The van der Waals surface area contributed by atoms with Gasteiger partial charge in [-0.1, -0.05) is 13.8 Å². The summed E-state index contributed by atoms with van der Waals surface area (Å²) in [5.74, 6) is 0.0519. The van der Waals surface area contributed by atoms with Crippen LogP contribution in [0.5, 0.6) is 0 Å². The van der Waals surface area contributed by atoms with E-state index in [9.17, 15) is 4.79 Å². The van der Waals surface area contributed by atoms with E-state index in [1.54, 1.807) is 7.11 Å². The zero-order valence-corrected chi connectivity index (χ0v) is 15.1. The normalized spacial score (nSPS) is 16.8. The van der Waals surface area contributed by atoms with Gasteiger partial charge < -0.3 is 20.3 Å². The standard InChI is InChI=1S/C14H29N3O2.2ClH/c1-4-17(5-2)12-6-9-16-13(18)14(19-3)7-10-15-11-8-14;;/h15H,4-12H2,1-3H3,(H,16,18);2*1H. The first-order chi connectivity index (χ1) is 9.18. The zero-order chi connectivity index (χ0) is 14.1. The summed E-state index contributed by atoms with van der Waals surface area (Å²) in [6, 6.07) is 0. The van der Waals surface area contributed by atoms with Gasteiger partial charge in [-0.25, -0.2) is 0 Å². The van der Waals surface area contributed by atoms with Crippen LogP contribution in [-0.4, -0.2) is 62.8 Å². The van der Waals surface area contributed by atoms with Crippen LogP contribution in [0.4, 0.5) is 0 Å². The van der Waals surface area contributed by atoms with E-state index in [2.05, 4.69) is 29.4 Å². The van der Waals surface area contributed by atoms with Gasteiger partial charge >= 0.3 is 0 Å². The Kier molecular flexibility index (Phi) is 13.8. The molecule has 1 saturated heterocycles. The Balaban J connectivity index is 0. The van der Waals surface area contributed by atoms with Crippen LogP contribution < -0.4 is 10.6 Å². The van der Waals surface area contributed by atoms with Crippen LogP contribution in [0.3, 0.4) is 0 Å². The average Bonchev–Trinajstić information content (AvgIpc) is 2.47. The molecule has 0 unspecified atom stereocenters. The lowest BCUT2D eigenvalue weighted by Crippen LogP contribution is -2.54. The molecule has 1 aliphatic heterocycles. The zero-order valence-electron chi connectivity index (χ0n) is 13.4. The van der Waals surface area contributed by atoms with Gasteiger partial charge in [0.2, 0.25) is 0 Å². The molecule has 0 aromatic rings. The van der Waals surface area contributed by atoms with E-state index >= 15 is 0 Å². The quantitative estimate of drug-likeness (QED) is 0.655. The first kappa shape index (κ1) is 23.2. The molecule has 0 bridgehead atoms. The topological polar surface area (TPSA) is 53.6 Å². The van der Waals surface area contributed by atoms with E-state index < -0.39 is 5.60 Å². The van der Waals surface area contributed by atoms with Gasteiger partial charge in [-0.05, 0) is 52.0 Å². The third-order valence-electron chi connectivity index (χ3n) is 4.05. The second-order valence-electron chi connectivity index (χ2n) is 5.08. The number of hydrogen-bond acceptors (Lipinski definition) is 4. The van der Waals surface area contributed by atoms with Crippen LogP contribution >= 0.6 is 24.8 Å². The Bertz CT molecular complexity index is 271. The minimum Gasteiger partial charge on any atom is -0.368 e. The first-order valence-electron chi connectivity index (χ1n) is 7.45. The molecular weight excluding hydrogens is 313 g/mol. The number of methoxy groups -OCH3 is 1. The van der Waals surface area contributed by atoms with Crippen LogP contribution in [0.15, 0.2) is 0 Å². The molecule has 0 aromatic carbocycles. The van der Waals surface area contributed by atoms with E-state index in [0.29, 0.717) is 0 Å². The van der Waals surface area contributed by atoms with Crippen LogP contribution in [0.2, 0.25) is 0 Å². The van der Waals surface area contributed by atoms with Crippen molar-refractivity contribution in [1.82, 2.24) is 15.5 Å². The lowest BCUT2D eigenvalue weighted by Gasteiger charge is -2.34. The van der Waals surface area contributed by atoms with Gasteiger partial charge in [-0.15, -0.1) is 24.8 Å². The highest BCUT2D eigenvalue weighted by Gasteiger charge is 2.39. The van der Waals surface area contributed by atoms with Gasteiger partial charge in [0.05, 0.1) is 0 Å². The number of carbonyl (C=O) groups excluding carboxylic acids is 1. The number of halogens is 2. The molecule has 5 nitrogen and oxygen atoms in total. The molecule has 128 valence electrons. The number of rotatable bonds is 8. The van der Waals surface area contributed by atoms with Gasteiger partial charge in [0.15, 0.2) is 0 Å². The molecule has 0 aliphatic carbocycles. The molecule has 0 spiro atoms. The summed E-state index contributed by atoms with van der Waals surface area (Å²) < 4.78 is 5.50. The van der Waals surface area contributed by atoms with Crippen molar-refractivity contribution in [3.8, 4) is 0 Å². The number of piperidine rings is 1. The molecule has 2 N–H and O–H groups in total. The summed E-state index contributed by atoms with van der Waals surface area (Å²) in [4.78, 5) is 14.6. The number of amides is 1. The molecule has 1 heterocycles. The van der Waals surface area contributed by atoms with Crippen molar-refractivity contribution in [2.75, 3.05) is 46.4 Å². The fourth-order valence-corrected chi connectivity index (χ4v) is 2.56. The lowest BCUT2D eigenvalue weighted by atomic mass is 9.91. The Labute approximate surface area is 141 Å². The lowest BCUT2D eigenvalue weighted by molar-refractivity contribution is -0.146. The molecule has 7 heteroatoms. The van der Waals surface area contributed by atoms with Gasteiger partial charge in [0.1, 0.15) is 5.60 Å². The summed E-state index contributed by atoms with van der Waals surface area (Å²) >= 11 is 0. The predicted octanol–water partition coefficient (Wildman–Crippen LogP) is 1.45. The Morgan fingerprint density at radius 1 is 1.24 bits per heavy atom. The molecule has 0 radical (unpaired) electrons. The molecule has 1 aliphatic rings. The van der Waals surface area contributed by atoms with E-state index in [4.69, 9.17) is 4.74 Å². The van der Waals surface area contributed by atoms with Crippen LogP contribution in [-0.2, 0) is 9.53 Å². The SMILES string of the molecule is CCN(CC)CCCNC(=O)C1(OC)CCNCC1.Cl.Cl. The van der Waals surface area contributed by atoms with Crippen molar-refractivity contribution in [3.63, 3.8) is 0 Å². The fraction of sp³-hybridized carbons (Fsp3) is 0.929. The van der Waals surface area contributed by atoms with Crippen molar-refractivity contribution in [1.29, 1.82) is 0 Å². The summed E-state index contributed by atoms with van der Waals surface area (Å²) in [5, 5.41) is 6.29. The molecule has 21 heavy (non-hydrogen) atoms. The molecule has 0 aromatic heterocycles. The second-order valence-corrected chi connectivity index (χ2v) is 5.08. The van der Waals surface area contributed by atoms with Crippen molar-refractivity contribution in [2.45, 2.75) is 38.7 Å². The Morgan fingerprint density at radius 2 is 1.81 bits per heavy atom. The molecular formula is C14H31Cl2N3O2. The smallest absolute Gasteiger partial charge is 0.252 e. The molecule has 1 amide bonds. The number of carbonyl (C=O) groups is 1. The summed E-state index contributed by atoms with van der Waals surface area (Å²) in [6.07, 6.45) is 2.50. The third-order valence-corrected chi connectivity index (χ3v) is 4.05. The molecule has 1 rings (SSSR count). The highest BCUT2D eigenvalue weighted by atomic mass is 35.5. The Hall–Kier alpha value is -0.0700. The van der Waals surface area contributed by atoms with E-state index in [1.165, 1.54) is 0 Å². The highest BCUT2D eigenvalue weighted by molar-refractivity contribution is 5.86. The van der Waals surface area contributed by atoms with Crippen LogP contribution in [0.1, 0.15) is 33.1 Å².